The van der Waals surface area contributed by atoms with E-state index in [1.165, 1.54) is 22.7 Å². The number of thioether (sulfide) groups is 1. The first kappa shape index (κ1) is 21.7. The van der Waals surface area contributed by atoms with Gasteiger partial charge in [0.1, 0.15) is 18.2 Å². The van der Waals surface area contributed by atoms with Gasteiger partial charge in [0.05, 0.1) is 10.6 Å². The monoisotopic (exact) mass is 513 g/mol. The number of halogens is 2. The van der Waals surface area contributed by atoms with E-state index < -0.39 is 0 Å². The Morgan fingerprint density at radius 3 is 2.71 bits per heavy atom. The molecule has 0 unspecified atom stereocenters. The molecule has 1 fully saturated rings. The molecule has 3 nitrogen and oxygen atoms in total. The molecule has 1 saturated heterocycles. The van der Waals surface area contributed by atoms with Crippen molar-refractivity contribution in [3.63, 3.8) is 0 Å². The number of carbonyl (C=O) groups excluding carboxylic acids is 1. The lowest BCUT2D eigenvalue weighted by Gasteiger charge is -2.15. The minimum Gasteiger partial charge on any atom is -0.488 e. The number of aryl methyl sites for hydroxylation is 1. The Balaban J connectivity index is 1.62. The van der Waals surface area contributed by atoms with Crippen LogP contribution in [0.3, 0.4) is 0 Å². The van der Waals surface area contributed by atoms with Gasteiger partial charge in [-0.2, -0.15) is 0 Å². The third-order valence-corrected chi connectivity index (χ3v) is 6.45. The number of anilines is 1. The number of nitrogens with zero attached hydrogens (tertiary/aromatic N) is 1. The Morgan fingerprint density at radius 2 is 1.94 bits per heavy atom. The van der Waals surface area contributed by atoms with E-state index in [0.29, 0.717) is 26.1 Å². The third-order valence-electron chi connectivity index (χ3n) is 4.65. The Hall–Kier alpha value is -2.48. The second-order valence-corrected chi connectivity index (χ2v) is 9.51. The number of carbonyl (C=O) groups is 1. The van der Waals surface area contributed by atoms with Crippen LogP contribution < -0.4 is 9.64 Å². The minimum absolute atomic E-state index is 0.0827. The van der Waals surface area contributed by atoms with E-state index in [2.05, 4.69) is 15.9 Å². The zero-order valence-corrected chi connectivity index (χ0v) is 19.7. The molecule has 7 heteroatoms. The van der Waals surface area contributed by atoms with Crippen LogP contribution in [0.4, 0.5) is 10.1 Å². The van der Waals surface area contributed by atoms with Gasteiger partial charge in [-0.1, -0.05) is 70.2 Å². The van der Waals surface area contributed by atoms with Gasteiger partial charge < -0.3 is 4.74 Å². The van der Waals surface area contributed by atoms with Crippen molar-refractivity contribution in [1.82, 2.24) is 0 Å². The maximum Gasteiger partial charge on any atom is 0.270 e. The Kier molecular flexibility index (Phi) is 6.55. The van der Waals surface area contributed by atoms with E-state index in [9.17, 15) is 9.18 Å². The van der Waals surface area contributed by atoms with Crippen molar-refractivity contribution in [2.24, 2.45) is 0 Å². The number of amides is 1. The van der Waals surface area contributed by atoms with Gasteiger partial charge in [-0.3, -0.25) is 9.69 Å². The van der Waals surface area contributed by atoms with Crippen LogP contribution in [0.25, 0.3) is 6.08 Å². The summed E-state index contributed by atoms with van der Waals surface area (Å²) >= 11 is 10.2. The lowest BCUT2D eigenvalue weighted by Crippen LogP contribution is -2.27. The number of benzene rings is 3. The number of ether oxygens (including phenoxy) is 1. The zero-order valence-electron chi connectivity index (χ0n) is 16.5. The van der Waals surface area contributed by atoms with Crippen molar-refractivity contribution >= 4 is 61.9 Å². The third kappa shape index (κ3) is 4.89. The zero-order chi connectivity index (χ0) is 22.0. The molecule has 0 radical (unpaired) electrons. The largest absolute Gasteiger partial charge is 0.488 e. The van der Waals surface area contributed by atoms with Crippen molar-refractivity contribution in [3.8, 4) is 5.75 Å². The van der Waals surface area contributed by atoms with Gasteiger partial charge in [0, 0.05) is 15.6 Å². The molecule has 0 bridgehead atoms. The van der Waals surface area contributed by atoms with E-state index in [1.807, 2.05) is 43.3 Å². The summed E-state index contributed by atoms with van der Waals surface area (Å²) in [5.74, 6) is 0.0492. The SMILES string of the molecule is Cc1cccc(N2C(=O)/C(=C\c3cc(Br)ccc3OCc3ccccc3F)SC2=S)c1. The van der Waals surface area contributed by atoms with Crippen molar-refractivity contribution in [3.05, 3.63) is 98.6 Å². The average Bonchev–Trinajstić information content (AvgIpc) is 3.01. The van der Waals surface area contributed by atoms with Crippen molar-refractivity contribution in [1.29, 1.82) is 0 Å². The molecule has 0 spiro atoms. The van der Waals surface area contributed by atoms with Crippen LogP contribution in [-0.4, -0.2) is 10.2 Å². The lowest BCUT2D eigenvalue weighted by atomic mass is 10.1. The summed E-state index contributed by atoms with van der Waals surface area (Å²) in [5.41, 5.74) is 2.96. The minimum atomic E-state index is -0.319. The molecular weight excluding hydrogens is 497 g/mol. The normalized spacial score (nSPS) is 15.1. The highest BCUT2D eigenvalue weighted by Crippen LogP contribution is 2.38. The average molecular weight is 514 g/mol. The van der Waals surface area contributed by atoms with Gasteiger partial charge in [0.25, 0.3) is 5.91 Å². The molecule has 0 saturated carbocycles. The Morgan fingerprint density at radius 1 is 1.13 bits per heavy atom. The predicted molar refractivity (Wildman–Crippen MR) is 132 cm³/mol. The van der Waals surface area contributed by atoms with E-state index in [0.717, 1.165) is 15.7 Å². The van der Waals surface area contributed by atoms with Crippen LogP contribution in [-0.2, 0) is 11.4 Å². The topological polar surface area (TPSA) is 29.5 Å². The molecule has 3 aromatic carbocycles. The smallest absolute Gasteiger partial charge is 0.270 e. The van der Waals surface area contributed by atoms with E-state index >= 15 is 0 Å². The van der Waals surface area contributed by atoms with Gasteiger partial charge in [0.2, 0.25) is 0 Å². The lowest BCUT2D eigenvalue weighted by molar-refractivity contribution is -0.113. The van der Waals surface area contributed by atoms with Crippen LogP contribution in [0.2, 0.25) is 0 Å². The summed E-state index contributed by atoms with van der Waals surface area (Å²) in [6.45, 7) is 2.05. The maximum absolute atomic E-state index is 13.9. The van der Waals surface area contributed by atoms with E-state index in [4.69, 9.17) is 17.0 Å². The highest BCUT2D eigenvalue weighted by atomic mass is 79.9. The first-order chi connectivity index (χ1) is 14.9. The van der Waals surface area contributed by atoms with Crippen LogP contribution in [0, 0.1) is 12.7 Å². The van der Waals surface area contributed by atoms with Crippen LogP contribution in [0.15, 0.2) is 76.1 Å². The standard InChI is InChI=1S/C24H17BrFNO2S2/c1-15-5-4-7-19(11-15)27-23(28)22(31-24(27)30)13-17-12-18(25)9-10-21(17)29-14-16-6-2-3-8-20(16)26/h2-13H,14H2,1H3/b22-13+. The van der Waals surface area contributed by atoms with Crippen molar-refractivity contribution in [2.75, 3.05) is 4.90 Å². The van der Waals surface area contributed by atoms with Gasteiger partial charge in [-0.25, -0.2) is 4.39 Å². The quantitative estimate of drug-likeness (QED) is 0.274. The number of hydrogen-bond acceptors (Lipinski definition) is 4. The predicted octanol–water partition coefficient (Wildman–Crippen LogP) is 6.88. The van der Waals surface area contributed by atoms with Crippen molar-refractivity contribution in [2.45, 2.75) is 13.5 Å². The molecule has 0 N–H and O–H groups in total. The summed E-state index contributed by atoms with van der Waals surface area (Å²) in [7, 11) is 0. The fraction of sp³-hybridized carbons (Fsp3) is 0.0833. The van der Waals surface area contributed by atoms with E-state index in [1.54, 1.807) is 30.3 Å². The summed E-state index contributed by atoms with van der Waals surface area (Å²) in [5, 5.41) is 0. The fourth-order valence-electron chi connectivity index (χ4n) is 3.13. The molecule has 1 amide bonds. The van der Waals surface area contributed by atoms with Crippen molar-refractivity contribution < 1.29 is 13.9 Å². The Bertz CT molecular complexity index is 1210. The van der Waals surface area contributed by atoms with E-state index in [-0.39, 0.29) is 18.3 Å². The van der Waals surface area contributed by atoms with Crippen LogP contribution in [0.5, 0.6) is 5.75 Å². The van der Waals surface area contributed by atoms with Crippen LogP contribution >= 0.6 is 39.9 Å². The fourth-order valence-corrected chi connectivity index (χ4v) is 4.80. The second kappa shape index (κ2) is 9.34. The molecule has 4 rings (SSSR count). The molecular formula is C24H17BrFNO2S2. The first-order valence-electron chi connectivity index (χ1n) is 9.43. The highest BCUT2D eigenvalue weighted by Gasteiger charge is 2.33. The molecule has 0 atom stereocenters. The summed E-state index contributed by atoms with van der Waals surface area (Å²) in [6, 6.07) is 19.6. The van der Waals surface area contributed by atoms with Crippen LogP contribution in [0.1, 0.15) is 16.7 Å². The second-order valence-electron chi connectivity index (χ2n) is 6.92. The molecule has 0 aliphatic carbocycles. The molecule has 156 valence electrons. The van der Waals surface area contributed by atoms with Gasteiger partial charge in [-0.05, 0) is 55.0 Å². The van der Waals surface area contributed by atoms with Gasteiger partial charge in [0.15, 0.2) is 4.32 Å². The highest BCUT2D eigenvalue weighted by molar-refractivity contribution is 9.10. The summed E-state index contributed by atoms with van der Waals surface area (Å²) in [4.78, 5) is 15.1. The Labute approximate surface area is 198 Å². The molecule has 1 aliphatic heterocycles. The number of thiocarbonyl (C=S) groups is 1. The molecule has 1 aliphatic rings. The first-order valence-corrected chi connectivity index (χ1v) is 11.4. The molecule has 3 aromatic rings. The number of rotatable bonds is 5. The van der Waals surface area contributed by atoms with Gasteiger partial charge >= 0.3 is 0 Å². The number of hydrogen-bond donors (Lipinski definition) is 0. The molecule has 0 aromatic heterocycles. The summed E-state index contributed by atoms with van der Waals surface area (Å²) in [6.07, 6.45) is 1.76. The maximum atomic E-state index is 13.9. The molecule has 1 heterocycles. The van der Waals surface area contributed by atoms with Gasteiger partial charge in [-0.15, -0.1) is 0 Å². The molecule has 31 heavy (non-hydrogen) atoms. The summed E-state index contributed by atoms with van der Waals surface area (Å²) < 4.78 is 21.1.